The molecule has 1 fully saturated rings. The topological polar surface area (TPSA) is 45.1 Å². The van der Waals surface area contributed by atoms with Crippen molar-refractivity contribution in [2.75, 3.05) is 0 Å². The molecule has 4 rings (SSSR count). The molecule has 4 nitrogen and oxygen atoms in total. The second-order valence-corrected chi connectivity index (χ2v) is 9.71. The number of fused-ring (bicyclic) bond motifs is 1. The molecule has 0 saturated heterocycles. The number of hydrogen-bond acceptors (Lipinski definition) is 5. The largest absolute Gasteiger partial charge is 0.387 e. The highest BCUT2D eigenvalue weighted by atomic mass is 32.2. The minimum Gasteiger partial charge on any atom is -0.387 e. The zero-order valence-corrected chi connectivity index (χ0v) is 18.3. The first-order chi connectivity index (χ1) is 13.8. The predicted octanol–water partition coefficient (Wildman–Crippen LogP) is 5.92. The summed E-state index contributed by atoms with van der Waals surface area (Å²) in [6, 6.07) is 8.43. The summed E-state index contributed by atoms with van der Waals surface area (Å²) in [5, 5.41) is 10.9. The Morgan fingerprint density at radius 1 is 1.21 bits per heavy atom. The molecule has 29 heavy (non-hydrogen) atoms. The van der Waals surface area contributed by atoms with Crippen molar-refractivity contribution in [3.8, 4) is 0 Å². The average molecular weight is 411 g/mol. The van der Waals surface area contributed by atoms with Crippen LogP contribution in [0.15, 0.2) is 64.5 Å². The second kappa shape index (κ2) is 8.13. The Morgan fingerprint density at radius 3 is 2.69 bits per heavy atom. The van der Waals surface area contributed by atoms with E-state index in [-0.39, 0.29) is 0 Å². The molecule has 1 saturated carbocycles. The highest BCUT2D eigenvalue weighted by Crippen LogP contribution is 2.41. The van der Waals surface area contributed by atoms with Gasteiger partial charge in [-0.3, -0.25) is 0 Å². The van der Waals surface area contributed by atoms with Crippen LogP contribution in [-0.4, -0.2) is 27.4 Å². The lowest BCUT2D eigenvalue weighted by molar-refractivity contribution is -0.101. The average Bonchev–Trinajstić information content (AvgIpc) is 3.55. The number of benzene rings is 1. The van der Waals surface area contributed by atoms with Gasteiger partial charge in [0.2, 0.25) is 0 Å². The third kappa shape index (κ3) is 4.85. The molecule has 1 unspecified atom stereocenters. The first-order valence-electron chi connectivity index (χ1n) is 10.4. The second-order valence-electron chi connectivity index (χ2n) is 8.91. The third-order valence-electron chi connectivity index (χ3n) is 6.21. The minimum atomic E-state index is -0.843. The van der Waals surface area contributed by atoms with Crippen molar-refractivity contribution in [1.82, 2.24) is 4.90 Å². The molecule has 0 amide bonds. The zero-order chi connectivity index (χ0) is 20.5. The standard InChI is InChI=1S/C24H30N2O2S/c1-23(2,24(3,27)14-13-18-5-6-18)28-29-21-10-7-19(8-11-21)20-9-12-22-25-15-4-16-26(22)17-20/h4,7-8,10-12,15-18,27H,5-6,9,13-14H2,1-3H3. The lowest BCUT2D eigenvalue weighted by atomic mass is 9.83. The highest BCUT2D eigenvalue weighted by molar-refractivity contribution is 7.94. The monoisotopic (exact) mass is 410 g/mol. The van der Waals surface area contributed by atoms with Crippen molar-refractivity contribution in [2.24, 2.45) is 10.9 Å². The minimum absolute atomic E-state index is 0.626. The Morgan fingerprint density at radius 2 is 1.97 bits per heavy atom. The fourth-order valence-corrected chi connectivity index (χ4v) is 4.17. The molecule has 2 heterocycles. The van der Waals surface area contributed by atoms with E-state index >= 15 is 0 Å². The molecule has 5 heteroatoms. The van der Waals surface area contributed by atoms with Gasteiger partial charge in [-0.1, -0.05) is 25.0 Å². The van der Waals surface area contributed by atoms with Crippen LogP contribution in [-0.2, 0) is 4.18 Å². The molecule has 154 valence electrons. The number of rotatable bonds is 8. The molecule has 2 aliphatic heterocycles. The summed E-state index contributed by atoms with van der Waals surface area (Å²) in [4.78, 5) is 7.47. The molecule has 0 spiro atoms. The Balaban J connectivity index is 1.35. The van der Waals surface area contributed by atoms with Crippen molar-refractivity contribution in [2.45, 2.75) is 69.0 Å². The van der Waals surface area contributed by atoms with Crippen LogP contribution in [0.2, 0.25) is 0 Å². The molecule has 0 bridgehead atoms. The fraction of sp³-hybridized carbons (Fsp3) is 0.458. The van der Waals surface area contributed by atoms with Crippen molar-refractivity contribution in [3.05, 3.63) is 60.2 Å². The van der Waals surface area contributed by atoms with Crippen LogP contribution >= 0.6 is 12.0 Å². The molecular weight excluding hydrogens is 380 g/mol. The van der Waals surface area contributed by atoms with Gasteiger partial charge in [0, 0.05) is 35.6 Å². The maximum atomic E-state index is 10.9. The van der Waals surface area contributed by atoms with Gasteiger partial charge in [0.15, 0.2) is 0 Å². The van der Waals surface area contributed by atoms with Gasteiger partial charge >= 0.3 is 0 Å². The number of aliphatic imine (C=N–C) groups is 1. The lowest BCUT2D eigenvalue weighted by Gasteiger charge is -2.39. The summed E-state index contributed by atoms with van der Waals surface area (Å²) >= 11 is 1.35. The third-order valence-corrected chi connectivity index (χ3v) is 7.17. The molecule has 3 aliphatic rings. The predicted molar refractivity (Wildman–Crippen MR) is 120 cm³/mol. The van der Waals surface area contributed by atoms with Gasteiger partial charge in [-0.25, -0.2) is 4.99 Å². The molecule has 0 aromatic heterocycles. The van der Waals surface area contributed by atoms with Crippen LogP contribution in [0.5, 0.6) is 0 Å². The van der Waals surface area contributed by atoms with Crippen molar-refractivity contribution in [1.29, 1.82) is 0 Å². The van der Waals surface area contributed by atoms with Crippen LogP contribution in [0, 0.1) is 5.92 Å². The summed E-state index contributed by atoms with van der Waals surface area (Å²) in [5.41, 5.74) is 0.989. The first kappa shape index (κ1) is 20.5. The van der Waals surface area contributed by atoms with Gasteiger partial charge in [-0.05, 0) is 81.4 Å². The highest BCUT2D eigenvalue weighted by Gasteiger charge is 2.42. The normalized spacial score (nSPS) is 20.8. The van der Waals surface area contributed by atoms with E-state index in [1.165, 1.54) is 36.0 Å². The van der Waals surface area contributed by atoms with Gasteiger partial charge in [0.25, 0.3) is 0 Å². The van der Waals surface area contributed by atoms with E-state index in [0.29, 0.717) is 0 Å². The number of hydrogen-bond donors (Lipinski definition) is 1. The van der Waals surface area contributed by atoms with E-state index in [0.717, 1.165) is 35.9 Å². The van der Waals surface area contributed by atoms with E-state index in [4.69, 9.17) is 4.18 Å². The molecule has 1 aromatic rings. The molecule has 1 atom stereocenters. The number of nitrogens with zero attached hydrogens (tertiary/aromatic N) is 2. The molecule has 1 aliphatic carbocycles. The van der Waals surface area contributed by atoms with Gasteiger partial charge in [-0.2, -0.15) is 0 Å². The van der Waals surface area contributed by atoms with E-state index in [9.17, 15) is 5.11 Å². The van der Waals surface area contributed by atoms with Crippen LogP contribution in [0.25, 0.3) is 5.57 Å². The number of allylic oxidation sites excluding steroid dienone is 3. The molecule has 1 N–H and O–H groups in total. The van der Waals surface area contributed by atoms with Crippen LogP contribution in [0.3, 0.4) is 0 Å². The van der Waals surface area contributed by atoms with Crippen LogP contribution in [0.1, 0.15) is 58.4 Å². The van der Waals surface area contributed by atoms with Gasteiger partial charge in [0.1, 0.15) is 11.4 Å². The summed E-state index contributed by atoms with van der Waals surface area (Å²) in [5.74, 6) is 1.79. The zero-order valence-electron chi connectivity index (χ0n) is 17.5. The Labute approximate surface area is 178 Å². The SMILES string of the molecule is CC(O)(CCC1CC1)C(C)(C)OSc1ccc(C2=CN3C=CC=NC3=CC2)cc1. The van der Waals surface area contributed by atoms with E-state index < -0.39 is 11.2 Å². The van der Waals surface area contributed by atoms with Crippen molar-refractivity contribution in [3.63, 3.8) is 0 Å². The Hall–Kier alpha value is -1.82. The smallest absolute Gasteiger partial charge is 0.132 e. The van der Waals surface area contributed by atoms with Crippen LogP contribution < -0.4 is 0 Å². The van der Waals surface area contributed by atoms with E-state index in [2.05, 4.69) is 46.4 Å². The Bertz CT molecular complexity index is 861. The van der Waals surface area contributed by atoms with Crippen molar-refractivity contribution < 1.29 is 9.29 Å². The number of aliphatic hydroxyl groups is 1. The maximum Gasteiger partial charge on any atom is 0.132 e. The van der Waals surface area contributed by atoms with Gasteiger partial charge in [0.05, 0.1) is 5.60 Å². The lowest BCUT2D eigenvalue weighted by Crippen LogP contribution is -2.48. The summed E-state index contributed by atoms with van der Waals surface area (Å²) in [7, 11) is 0. The fourth-order valence-electron chi connectivity index (χ4n) is 3.43. The maximum absolute atomic E-state index is 10.9. The molecule has 1 aromatic carbocycles. The quantitative estimate of drug-likeness (QED) is 0.541. The van der Waals surface area contributed by atoms with E-state index in [1.807, 2.05) is 39.3 Å². The van der Waals surface area contributed by atoms with Gasteiger partial charge < -0.3 is 14.2 Å². The summed E-state index contributed by atoms with van der Waals surface area (Å²) < 4.78 is 6.10. The van der Waals surface area contributed by atoms with Crippen molar-refractivity contribution >= 4 is 23.8 Å². The molecular formula is C24H30N2O2S. The first-order valence-corrected chi connectivity index (χ1v) is 11.2. The van der Waals surface area contributed by atoms with Crippen LogP contribution in [0.4, 0.5) is 0 Å². The van der Waals surface area contributed by atoms with E-state index in [1.54, 1.807) is 0 Å². The summed E-state index contributed by atoms with van der Waals surface area (Å²) in [6.07, 6.45) is 15.4. The summed E-state index contributed by atoms with van der Waals surface area (Å²) in [6.45, 7) is 5.86. The Kier molecular flexibility index (Phi) is 5.74. The van der Waals surface area contributed by atoms with Gasteiger partial charge in [-0.15, -0.1) is 0 Å². The molecule has 0 radical (unpaired) electrons.